The van der Waals surface area contributed by atoms with Crippen LogP contribution >= 0.6 is 0 Å². The van der Waals surface area contributed by atoms with Gasteiger partial charge in [-0.05, 0) is 0 Å². The molecule has 1 aromatic rings. The SMILES string of the molecule is COc1c(OC(F)(F)F)[nH]c(CC(=O)O)cc1=O. The summed E-state index contributed by atoms with van der Waals surface area (Å²) in [6.45, 7) is 0. The molecule has 1 aromatic heterocycles. The van der Waals surface area contributed by atoms with Crippen LogP contribution in [0.15, 0.2) is 10.9 Å². The van der Waals surface area contributed by atoms with Crippen molar-refractivity contribution in [3.05, 3.63) is 22.0 Å². The zero-order chi connectivity index (χ0) is 13.9. The molecule has 0 saturated heterocycles. The number of carboxylic acid groups (broad SMARTS) is 1. The summed E-state index contributed by atoms with van der Waals surface area (Å²) in [7, 11) is 0.991. The highest BCUT2D eigenvalue weighted by Gasteiger charge is 2.33. The van der Waals surface area contributed by atoms with Crippen molar-refractivity contribution < 1.29 is 32.5 Å². The molecule has 0 aliphatic heterocycles. The Hall–Kier alpha value is -2.19. The summed E-state index contributed by atoms with van der Waals surface area (Å²) in [5, 5.41) is 8.49. The van der Waals surface area contributed by atoms with Gasteiger partial charge in [-0.3, -0.25) is 9.59 Å². The predicted molar refractivity (Wildman–Crippen MR) is 51.6 cm³/mol. The first-order valence-corrected chi connectivity index (χ1v) is 4.50. The van der Waals surface area contributed by atoms with E-state index in [2.05, 4.69) is 9.47 Å². The molecule has 0 aliphatic rings. The van der Waals surface area contributed by atoms with Gasteiger partial charge in [-0.1, -0.05) is 0 Å². The molecular weight excluding hydrogens is 259 g/mol. The molecule has 100 valence electrons. The Morgan fingerprint density at radius 3 is 2.56 bits per heavy atom. The van der Waals surface area contributed by atoms with Crippen LogP contribution in [0.3, 0.4) is 0 Å². The number of pyridine rings is 1. The van der Waals surface area contributed by atoms with Gasteiger partial charge < -0.3 is 19.6 Å². The van der Waals surface area contributed by atoms with Gasteiger partial charge in [-0.15, -0.1) is 13.2 Å². The third-order valence-corrected chi connectivity index (χ3v) is 1.77. The number of alkyl halides is 3. The van der Waals surface area contributed by atoms with Gasteiger partial charge in [0.15, 0.2) is 0 Å². The van der Waals surface area contributed by atoms with E-state index in [4.69, 9.17) is 5.11 Å². The normalized spacial score (nSPS) is 11.1. The second-order valence-corrected chi connectivity index (χ2v) is 3.14. The van der Waals surface area contributed by atoms with E-state index in [1.165, 1.54) is 0 Å². The number of H-pyrrole nitrogens is 1. The summed E-state index contributed by atoms with van der Waals surface area (Å²) in [6, 6.07) is 0.830. The minimum absolute atomic E-state index is 0.229. The van der Waals surface area contributed by atoms with Crippen molar-refractivity contribution in [2.24, 2.45) is 0 Å². The van der Waals surface area contributed by atoms with Gasteiger partial charge in [-0.25, -0.2) is 0 Å². The molecule has 0 bridgehead atoms. The molecule has 0 fully saturated rings. The maximum Gasteiger partial charge on any atom is 0.574 e. The number of carbonyl (C=O) groups is 1. The highest BCUT2D eigenvalue weighted by molar-refractivity contribution is 5.69. The third-order valence-electron chi connectivity index (χ3n) is 1.77. The third kappa shape index (κ3) is 3.68. The molecule has 6 nitrogen and oxygen atoms in total. The van der Waals surface area contributed by atoms with E-state index < -0.39 is 35.8 Å². The molecule has 0 aliphatic carbocycles. The second-order valence-electron chi connectivity index (χ2n) is 3.14. The summed E-state index contributed by atoms with van der Waals surface area (Å²) < 4.78 is 44.2. The Balaban J connectivity index is 3.23. The van der Waals surface area contributed by atoms with Crippen LogP contribution in [0.5, 0.6) is 11.6 Å². The molecule has 0 unspecified atom stereocenters. The number of rotatable bonds is 4. The lowest BCUT2D eigenvalue weighted by molar-refractivity contribution is -0.276. The zero-order valence-electron chi connectivity index (χ0n) is 9.00. The van der Waals surface area contributed by atoms with Crippen LogP contribution < -0.4 is 14.9 Å². The minimum Gasteiger partial charge on any atom is -0.488 e. The van der Waals surface area contributed by atoms with Gasteiger partial charge in [0.25, 0.3) is 0 Å². The lowest BCUT2D eigenvalue weighted by Crippen LogP contribution is -2.21. The standard InChI is InChI=1S/C9H8F3NO5/c1-17-7-5(14)2-4(3-6(15)16)13-8(7)18-9(10,11)12/h2H,3H2,1H3,(H,13,14)(H,15,16). The fraction of sp³-hybridized carbons (Fsp3) is 0.333. The Labute approximate surface area is 98.0 Å². The summed E-state index contributed by atoms with van der Waals surface area (Å²) in [4.78, 5) is 23.8. The first kappa shape index (κ1) is 13.9. The summed E-state index contributed by atoms with van der Waals surface area (Å²) in [5.41, 5.74) is -1.14. The lowest BCUT2D eigenvalue weighted by atomic mass is 10.2. The number of halogens is 3. The van der Waals surface area contributed by atoms with Crippen molar-refractivity contribution >= 4 is 5.97 Å². The maximum atomic E-state index is 12.1. The van der Waals surface area contributed by atoms with E-state index >= 15 is 0 Å². The summed E-state index contributed by atoms with van der Waals surface area (Å²) >= 11 is 0. The first-order chi connectivity index (χ1) is 8.23. The average molecular weight is 267 g/mol. The van der Waals surface area contributed by atoms with Crippen LogP contribution in [0.2, 0.25) is 0 Å². The van der Waals surface area contributed by atoms with Gasteiger partial charge in [-0.2, -0.15) is 0 Å². The number of aromatic amines is 1. The van der Waals surface area contributed by atoms with Gasteiger partial charge in [0.2, 0.25) is 17.1 Å². The number of ether oxygens (including phenoxy) is 2. The van der Waals surface area contributed by atoms with E-state index in [0.717, 1.165) is 13.2 Å². The fourth-order valence-corrected chi connectivity index (χ4v) is 1.21. The zero-order valence-corrected chi connectivity index (χ0v) is 9.00. The van der Waals surface area contributed by atoms with Gasteiger partial charge >= 0.3 is 12.3 Å². The van der Waals surface area contributed by atoms with E-state index in [1.807, 2.05) is 4.98 Å². The van der Waals surface area contributed by atoms with Crippen LogP contribution in [0.25, 0.3) is 0 Å². The molecule has 18 heavy (non-hydrogen) atoms. The number of methoxy groups -OCH3 is 1. The molecule has 9 heteroatoms. The van der Waals surface area contributed by atoms with E-state index in [1.54, 1.807) is 0 Å². The molecule has 1 heterocycles. The van der Waals surface area contributed by atoms with Gasteiger partial charge in [0.05, 0.1) is 13.5 Å². The molecule has 0 atom stereocenters. The lowest BCUT2D eigenvalue weighted by Gasteiger charge is -2.12. The Morgan fingerprint density at radius 2 is 2.11 bits per heavy atom. The minimum atomic E-state index is -5.03. The average Bonchev–Trinajstić information content (AvgIpc) is 2.13. The molecule has 0 radical (unpaired) electrons. The molecule has 0 aromatic carbocycles. The topological polar surface area (TPSA) is 88.6 Å². The van der Waals surface area contributed by atoms with E-state index in [-0.39, 0.29) is 5.69 Å². The van der Waals surface area contributed by atoms with Crippen LogP contribution in [0.4, 0.5) is 13.2 Å². The maximum absolute atomic E-state index is 12.1. The smallest absolute Gasteiger partial charge is 0.488 e. The summed E-state index contributed by atoms with van der Waals surface area (Å²) in [5.74, 6) is -2.97. The first-order valence-electron chi connectivity index (χ1n) is 4.50. The molecular formula is C9H8F3NO5. The fourth-order valence-electron chi connectivity index (χ4n) is 1.21. The molecule has 0 amide bonds. The largest absolute Gasteiger partial charge is 0.574 e. The Morgan fingerprint density at radius 1 is 1.50 bits per heavy atom. The predicted octanol–water partition coefficient (Wildman–Crippen LogP) is 0.909. The monoisotopic (exact) mass is 267 g/mol. The highest BCUT2D eigenvalue weighted by Crippen LogP contribution is 2.27. The van der Waals surface area contributed by atoms with Crippen molar-refractivity contribution in [2.75, 3.05) is 7.11 Å². The highest BCUT2D eigenvalue weighted by atomic mass is 19.4. The van der Waals surface area contributed by atoms with Crippen molar-refractivity contribution in [3.63, 3.8) is 0 Å². The number of carboxylic acids is 1. The number of hydrogen-bond donors (Lipinski definition) is 2. The van der Waals surface area contributed by atoms with Crippen LogP contribution in [-0.4, -0.2) is 29.5 Å². The van der Waals surface area contributed by atoms with Crippen molar-refractivity contribution in [3.8, 4) is 11.6 Å². The number of hydrogen-bond acceptors (Lipinski definition) is 4. The van der Waals surface area contributed by atoms with Crippen molar-refractivity contribution in [1.82, 2.24) is 4.98 Å². The summed E-state index contributed by atoms with van der Waals surface area (Å²) in [6.07, 6.45) is -5.68. The van der Waals surface area contributed by atoms with Crippen molar-refractivity contribution in [2.45, 2.75) is 12.8 Å². The molecule has 0 spiro atoms. The quantitative estimate of drug-likeness (QED) is 0.846. The van der Waals surface area contributed by atoms with Crippen LogP contribution in [0, 0.1) is 0 Å². The van der Waals surface area contributed by atoms with Gasteiger partial charge in [0.1, 0.15) is 0 Å². The van der Waals surface area contributed by atoms with E-state index in [0.29, 0.717) is 0 Å². The second kappa shape index (κ2) is 4.98. The number of aliphatic carboxylic acids is 1. The number of aromatic nitrogens is 1. The Bertz CT molecular complexity index is 508. The Kier molecular flexibility index (Phi) is 3.84. The molecule has 2 N–H and O–H groups in total. The van der Waals surface area contributed by atoms with Crippen molar-refractivity contribution in [1.29, 1.82) is 0 Å². The van der Waals surface area contributed by atoms with Crippen LogP contribution in [0.1, 0.15) is 5.69 Å². The van der Waals surface area contributed by atoms with Crippen LogP contribution in [-0.2, 0) is 11.2 Å². The number of nitrogens with one attached hydrogen (secondary N) is 1. The van der Waals surface area contributed by atoms with E-state index in [9.17, 15) is 22.8 Å². The molecule has 0 saturated carbocycles. The van der Waals surface area contributed by atoms with Gasteiger partial charge in [0, 0.05) is 11.8 Å². The molecule has 1 rings (SSSR count).